The van der Waals surface area contributed by atoms with Crippen molar-refractivity contribution in [1.82, 2.24) is 20.4 Å². The summed E-state index contributed by atoms with van der Waals surface area (Å²) in [5.74, 6) is 0.128. The predicted octanol–water partition coefficient (Wildman–Crippen LogP) is 0.865. The molecule has 2 aliphatic rings. The third kappa shape index (κ3) is 8.08. The molecular formula is C18H36IN5O3. The van der Waals surface area contributed by atoms with Crippen molar-refractivity contribution in [3.05, 3.63) is 0 Å². The summed E-state index contributed by atoms with van der Waals surface area (Å²) in [5.41, 5.74) is 0. The molecule has 158 valence electrons. The highest BCUT2D eigenvalue weighted by Crippen LogP contribution is 2.21. The maximum Gasteiger partial charge on any atom is 0.243 e. The van der Waals surface area contributed by atoms with Crippen molar-refractivity contribution >= 4 is 35.8 Å². The molecule has 1 unspecified atom stereocenters. The quantitative estimate of drug-likeness (QED) is 0.295. The minimum Gasteiger partial charge on any atom is -0.356 e. The number of ether oxygens (including phenoxy) is 2. The highest BCUT2D eigenvalue weighted by Gasteiger charge is 2.30. The lowest BCUT2D eigenvalue weighted by Gasteiger charge is -2.25. The lowest BCUT2D eigenvalue weighted by Crippen LogP contribution is -2.46. The number of nitrogens with one attached hydrogen (secondary N) is 2. The van der Waals surface area contributed by atoms with Crippen LogP contribution in [-0.2, 0) is 14.3 Å². The van der Waals surface area contributed by atoms with Gasteiger partial charge in [-0.05, 0) is 32.9 Å². The van der Waals surface area contributed by atoms with E-state index in [9.17, 15) is 4.79 Å². The number of nitrogens with zero attached hydrogens (tertiary/aromatic N) is 3. The number of carbonyl (C=O) groups is 1. The maximum absolute atomic E-state index is 11.9. The Morgan fingerprint density at radius 3 is 2.63 bits per heavy atom. The normalized spacial score (nSPS) is 22.4. The number of aliphatic imine (C=N–C) groups is 1. The van der Waals surface area contributed by atoms with E-state index < -0.39 is 5.79 Å². The van der Waals surface area contributed by atoms with Gasteiger partial charge >= 0.3 is 0 Å². The number of amides is 1. The number of likely N-dealkylation sites (tertiary alicyclic amines) is 1. The smallest absolute Gasteiger partial charge is 0.243 e. The van der Waals surface area contributed by atoms with E-state index in [1.165, 1.54) is 12.8 Å². The van der Waals surface area contributed by atoms with Crippen LogP contribution in [0.15, 0.2) is 4.99 Å². The van der Waals surface area contributed by atoms with E-state index in [1.807, 2.05) is 6.92 Å². The van der Waals surface area contributed by atoms with Gasteiger partial charge in [0.15, 0.2) is 11.7 Å². The molecule has 2 heterocycles. The second-order valence-corrected chi connectivity index (χ2v) is 7.27. The van der Waals surface area contributed by atoms with Crippen LogP contribution >= 0.6 is 24.0 Å². The monoisotopic (exact) mass is 497 g/mol. The number of halogens is 1. The zero-order chi connectivity index (χ0) is 19.0. The lowest BCUT2D eigenvalue weighted by molar-refractivity contribution is -0.145. The van der Waals surface area contributed by atoms with E-state index >= 15 is 0 Å². The Bertz CT molecular complexity index is 484. The summed E-state index contributed by atoms with van der Waals surface area (Å²) < 4.78 is 11.3. The van der Waals surface area contributed by atoms with Crippen LogP contribution in [0.5, 0.6) is 0 Å². The molecule has 0 spiro atoms. The van der Waals surface area contributed by atoms with E-state index in [1.54, 1.807) is 19.0 Å². The summed E-state index contributed by atoms with van der Waals surface area (Å²) >= 11 is 0. The number of rotatable bonds is 8. The number of guanidine groups is 1. The van der Waals surface area contributed by atoms with Gasteiger partial charge in [-0.2, -0.15) is 0 Å². The van der Waals surface area contributed by atoms with Gasteiger partial charge in [-0.15, -0.1) is 24.0 Å². The fraction of sp³-hybridized carbons (Fsp3) is 0.889. The minimum atomic E-state index is -0.526. The molecule has 2 aliphatic heterocycles. The van der Waals surface area contributed by atoms with Gasteiger partial charge < -0.3 is 25.0 Å². The molecule has 8 nitrogen and oxygen atoms in total. The molecule has 0 saturated carbocycles. The fourth-order valence-electron chi connectivity index (χ4n) is 3.33. The van der Waals surface area contributed by atoms with Gasteiger partial charge in [-0.1, -0.05) is 6.92 Å². The van der Waals surface area contributed by atoms with Crippen LogP contribution in [0.25, 0.3) is 0 Å². The van der Waals surface area contributed by atoms with Gasteiger partial charge in [-0.25, -0.2) is 4.99 Å². The molecule has 0 aromatic carbocycles. The third-order valence-corrected chi connectivity index (χ3v) is 5.05. The molecule has 1 atom stereocenters. The second kappa shape index (κ2) is 12.0. The first kappa shape index (κ1) is 24.4. The topological polar surface area (TPSA) is 78.4 Å². The van der Waals surface area contributed by atoms with Crippen molar-refractivity contribution in [2.24, 2.45) is 4.99 Å². The SMILES string of the molecule is CCN1CCCC1CNC(=NCC(=O)N(C)C)NCCC1(C)OCCO1.I. The summed E-state index contributed by atoms with van der Waals surface area (Å²) in [6, 6.07) is 0.524. The number of hydrogen-bond donors (Lipinski definition) is 2. The van der Waals surface area contributed by atoms with Crippen molar-refractivity contribution in [2.75, 3.05) is 60.0 Å². The van der Waals surface area contributed by atoms with Gasteiger partial charge in [0.05, 0.1) is 13.2 Å². The average molecular weight is 497 g/mol. The first-order valence-corrected chi connectivity index (χ1v) is 9.68. The molecule has 27 heavy (non-hydrogen) atoms. The average Bonchev–Trinajstić information content (AvgIpc) is 3.25. The van der Waals surface area contributed by atoms with Gasteiger partial charge in [0.1, 0.15) is 6.54 Å². The van der Waals surface area contributed by atoms with Crippen molar-refractivity contribution in [1.29, 1.82) is 0 Å². The molecule has 0 bridgehead atoms. The number of hydrogen-bond acceptors (Lipinski definition) is 5. The van der Waals surface area contributed by atoms with Gasteiger partial charge in [0.2, 0.25) is 5.91 Å². The molecule has 2 rings (SSSR count). The Hall–Kier alpha value is -0.650. The van der Waals surface area contributed by atoms with Crippen LogP contribution in [0.3, 0.4) is 0 Å². The summed E-state index contributed by atoms with van der Waals surface area (Å²) in [7, 11) is 3.48. The van der Waals surface area contributed by atoms with Crippen molar-refractivity contribution in [3.63, 3.8) is 0 Å². The zero-order valence-electron chi connectivity index (χ0n) is 17.1. The number of likely N-dealkylation sites (N-methyl/N-ethyl adjacent to an activating group) is 2. The van der Waals surface area contributed by atoms with Crippen molar-refractivity contribution in [2.45, 2.75) is 44.9 Å². The van der Waals surface area contributed by atoms with Gasteiger partial charge in [-0.3, -0.25) is 9.69 Å². The molecule has 9 heteroatoms. The Morgan fingerprint density at radius 2 is 2.00 bits per heavy atom. The Labute approximate surface area is 180 Å². The van der Waals surface area contributed by atoms with Crippen LogP contribution in [0.1, 0.15) is 33.1 Å². The molecule has 0 aromatic heterocycles. The van der Waals surface area contributed by atoms with Gasteiger partial charge in [0, 0.05) is 39.6 Å². The molecule has 1 amide bonds. The lowest BCUT2D eigenvalue weighted by atomic mass is 10.2. The van der Waals surface area contributed by atoms with Crippen LogP contribution in [0.4, 0.5) is 0 Å². The molecule has 2 saturated heterocycles. The molecule has 0 aliphatic carbocycles. The van der Waals surface area contributed by atoms with E-state index in [0.717, 1.165) is 26.1 Å². The molecule has 0 radical (unpaired) electrons. The van der Waals surface area contributed by atoms with Gasteiger partial charge in [0.25, 0.3) is 0 Å². The van der Waals surface area contributed by atoms with Crippen molar-refractivity contribution < 1.29 is 14.3 Å². The third-order valence-electron chi connectivity index (χ3n) is 5.05. The Kier molecular flexibility index (Phi) is 10.9. The van der Waals surface area contributed by atoms with E-state index in [4.69, 9.17) is 9.47 Å². The van der Waals surface area contributed by atoms with E-state index in [-0.39, 0.29) is 36.4 Å². The van der Waals surface area contributed by atoms with Crippen molar-refractivity contribution in [3.8, 4) is 0 Å². The van der Waals surface area contributed by atoms with Crippen LogP contribution in [-0.4, -0.2) is 93.5 Å². The second-order valence-electron chi connectivity index (χ2n) is 7.27. The highest BCUT2D eigenvalue weighted by atomic mass is 127. The molecule has 2 N–H and O–H groups in total. The summed E-state index contributed by atoms with van der Waals surface area (Å²) in [6.45, 7) is 9.30. The standard InChI is InChI=1S/C18H35N5O3.HI/c1-5-23-10-6-7-15(23)13-20-17(21-14-16(24)22(3)4)19-9-8-18(2)25-11-12-26-18;/h15H,5-14H2,1-4H3,(H2,19,20,21);1H. The summed E-state index contributed by atoms with van der Waals surface area (Å²) in [4.78, 5) is 20.3. The molecular weight excluding hydrogens is 461 g/mol. The van der Waals surface area contributed by atoms with Crippen LogP contribution in [0, 0.1) is 0 Å². The summed E-state index contributed by atoms with van der Waals surface area (Å²) in [6.07, 6.45) is 3.16. The van der Waals surface area contributed by atoms with E-state index in [0.29, 0.717) is 31.8 Å². The highest BCUT2D eigenvalue weighted by molar-refractivity contribution is 14.0. The Morgan fingerprint density at radius 1 is 1.30 bits per heavy atom. The van der Waals surface area contributed by atoms with Crippen LogP contribution < -0.4 is 10.6 Å². The molecule has 0 aromatic rings. The zero-order valence-corrected chi connectivity index (χ0v) is 19.5. The largest absolute Gasteiger partial charge is 0.356 e. The Balaban J connectivity index is 0.00000364. The maximum atomic E-state index is 11.9. The summed E-state index contributed by atoms with van der Waals surface area (Å²) in [5, 5.41) is 6.72. The van der Waals surface area contributed by atoms with E-state index in [2.05, 4.69) is 27.4 Å². The predicted molar refractivity (Wildman–Crippen MR) is 118 cm³/mol. The first-order chi connectivity index (χ1) is 12.4. The first-order valence-electron chi connectivity index (χ1n) is 9.68. The molecule has 2 fully saturated rings. The number of carbonyl (C=O) groups excluding carboxylic acids is 1. The fourth-order valence-corrected chi connectivity index (χ4v) is 3.33. The minimum absolute atomic E-state index is 0. The van der Waals surface area contributed by atoms with Crippen LogP contribution in [0.2, 0.25) is 0 Å².